The van der Waals surface area contributed by atoms with Crippen molar-refractivity contribution in [2.75, 3.05) is 11.6 Å². The van der Waals surface area contributed by atoms with Gasteiger partial charge in [-0.3, -0.25) is 14.0 Å². The van der Waals surface area contributed by atoms with Crippen LogP contribution in [0.25, 0.3) is 22.6 Å². The van der Waals surface area contributed by atoms with Crippen LogP contribution >= 0.6 is 0 Å². The largest absolute Gasteiger partial charge is 0.433 e. The monoisotopic (exact) mass is 564 g/mol. The smallest absolute Gasteiger partial charge is 0.305 e. The Labute approximate surface area is 230 Å². The average Bonchev–Trinajstić information content (AvgIpc) is 3.40. The number of benzene rings is 1. The number of carbonyl (C=O) groups excluding carboxylic acids is 1. The molecule has 0 saturated carbocycles. The van der Waals surface area contributed by atoms with E-state index < -0.39 is 28.6 Å². The molecule has 0 bridgehead atoms. The van der Waals surface area contributed by atoms with Gasteiger partial charge in [-0.2, -0.15) is 18.3 Å². The van der Waals surface area contributed by atoms with E-state index in [9.17, 15) is 22.2 Å². The molecule has 0 aliphatic carbocycles. The molecule has 3 aromatic heterocycles. The van der Waals surface area contributed by atoms with Gasteiger partial charge in [0, 0.05) is 45.5 Å². The first-order valence-corrected chi connectivity index (χ1v) is 13.3. The number of anilines is 1. The van der Waals surface area contributed by atoms with Gasteiger partial charge < -0.3 is 5.32 Å². The summed E-state index contributed by atoms with van der Waals surface area (Å²) in [4.78, 5) is 17.4. The standard InChI is InChI=1S/C28H23F3N6O2S/c1-4-7-19(20-8-5-10-22(15-20)40(3)39)14-18(2)27(38)33-25-11-12-26(35-34-25)37-24(28(29,30)31)16-23(36-37)21-9-6-13-32-17-21/h4-17H,1H2,2-3H3,(H,33,34,38)/b18-14+,19-7+. The number of halogens is 3. The number of rotatable bonds is 8. The molecule has 8 nitrogen and oxygen atoms in total. The Morgan fingerprint density at radius 2 is 1.90 bits per heavy atom. The third-order valence-electron chi connectivity index (χ3n) is 5.59. The molecule has 12 heteroatoms. The van der Waals surface area contributed by atoms with Gasteiger partial charge in [0.1, 0.15) is 0 Å². The van der Waals surface area contributed by atoms with Gasteiger partial charge in [0.2, 0.25) is 0 Å². The van der Waals surface area contributed by atoms with Crippen molar-refractivity contribution in [2.24, 2.45) is 0 Å². The highest BCUT2D eigenvalue weighted by Gasteiger charge is 2.37. The van der Waals surface area contributed by atoms with Crippen molar-refractivity contribution < 1.29 is 22.2 Å². The molecule has 1 unspecified atom stereocenters. The summed E-state index contributed by atoms with van der Waals surface area (Å²) >= 11 is 0. The molecule has 3 heterocycles. The number of allylic oxidation sites excluding steroid dienone is 4. The van der Waals surface area contributed by atoms with Gasteiger partial charge in [0.15, 0.2) is 17.3 Å². The van der Waals surface area contributed by atoms with Crippen LogP contribution in [0.2, 0.25) is 0 Å². The van der Waals surface area contributed by atoms with Gasteiger partial charge >= 0.3 is 6.18 Å². The molecule has 4 aromatic rings. The lowest BCUT2D eigenvalue weighted by atomic mass is 10.0. The Morgan fingerprint density at radius 3 is 2.52 bits per heavy atom. The summed E-state index contributed by atoms with van der Waals surface area (Å²) < 4.78 is 53.7. The van der Waals surface area contributed by atoms with E-state index in [1.807, 2.05) is 6.07 Å². The van der Waals surface area contributed by atoms with Crippen LogP contribution < -0.4 is 5.32 Å². The minimum Gasteiger partial charge on any atom is -0.305 e. The fraction of sp³-hybridized carbons (Fsp3) is 0.107. The first-order chi connectivity index (χ1) is 19.1. The summed E-state index contributed by atoms with van der Waals surface area (Å²) in [6.45, 7) is 5.30. The maximum absolute atomic E-state index is 13.7. The summed E-state index contributed by atoms with van der Waals surface area (Å²) in [6.07, 6.45) is 4.70. The van der Waals surface area contributed by atoms with Gasteiger partial charge in [-0.15, -0.1) is 10.2 Å². The van der Waals surface area contributed by atoms with Crippen LogP contribution in [0.3, 0.4) is 0 Å². The van der Waals surface area contributed by atoms with Crippen LogP contribution in [0.5, 0.6) is 0 Å². The Balaban J connectivity index is 1.56. The molecule has 4 rings (SSSR count). The Bertz CT molecular complexity index is 1630. The van der Waals surface area contributed by atoms with Gasteiger partial charge in [-0.1, -0.05) is 30.9 Å². The number of aromatic nitrogens is 5. The summed E-state index contributed by atoms with van der Waals surface area (Å²) in [6, 6.07) is 13.8. The number of hydrogen-bond acceptors (Lipinski definition) is 6. The molecular weight excluding hydrogens is 541 g/mol. The van der Waals surface area contributed by atoms with E-state index in [4.69, 9.17) is 0 Å². The summed E-state index contributed by atoms with van der Waals surface area (Å²) in [5.41, 5.74) is 1.17. The zero-order chi connectivity index (χ0) is 28.9. The maximum atomic E-state index is 13.7. The number of pyridine rings is 1. The third-order valence-corrected chi connectivity index (χ3v) is 6.51. The van der Waals surface area contributed by atoms with Crippen LogP contribution in [-0.4, -0.2) is 41.3 Å². The molecule has 0 aliphatic heterocycles. The van der Waals surface area contributed by atoms with Crippen molar-refractivity contribution in [3.05, 3.63) is 109 Å². The van der Waals surface area contributed by atoms with Gasteiger partial charge in [0.25, 0.3) is 5.91 Å². The number of alkyl halides is 3. The number of nitrogens with one attached hydrogen (secondary N) is 1. The van der Waals surface area contributed by atoms with E-state index in [-0.39, 0.29) is 17.3 Å². The lowest BCUT2D eigenvalue weighted by Crippen LogP contribution is -2.16. The van der Waals surface area contributed by atoms with E-state index >= 15 is 0 Å². The van der Waals surface area contributed by atoms with Crippen molar-refractivity contribution >= 4 is 28.1 Å². The summed E-state index contributed by atoms with van der Waals surface area (Å²) in [5.74, 6) is -0.648. The molecule has 40 heavy (non-hydrogen) atoms. The molecule has 0 saturated heterocycles. The van der Waals surface area contributed by atoms with E-state index in [1.165, 1.54) is 24.5 Å². The molecular formula is C28H23F3N6O2S. The Kier molecular flexibility index (Phi) is 8.49. The second-order valence-electron chi connectivity index (χ2n) is 8.46. The fourth-order valence-electron chi connectivity index (χ4n) is 3.64. The highest BCUT2D eigenvalue weighted by atomic mass is 32.2. The first-order valence-electron chi connectivity index (χ1n) is 11.7. The first kappa shape index (κ1) is 28.3. The molecule has 0 aliphatic rings. The predicted octanol–water partition coefficient (Wildman–Crippen LogP) is 5.63. The van der Waals surface area contributed by atoms with E-state index in [2.05, 4.69) is 32.2 Å². The lowest BCUT2D eigenvalue weighted by molar-refractivity contribution is -0.142. The molecule has 0 spiro atoms. The number of hydrogen-bond donors (Lipinski definition) is 1. The van der Waals surface area contributed by atoms with E-state index in [0.717, 1.165) is 11.6 Å². The van der Waals surface area contributed by atoms with Crippen molar-refractivity contribution in [3.63, 3.8) is 0 Å². The normalized spacial score (nSPS) is 13.1. The number of carbonyl (C=O) groups is 1. The molecule has 1 atom stereocenters. The average molecular weight is 565 g/mol. The molecule has 204 valence electrons. The number of nitrogens with zero attached hydrogens (tertiary/aromatic N) is 5. The third kappa shape index (κ3) is 6.64. The topological polar surface area (TPSA) is 103 Å². The van der Waals surface area contributed by atoms with Gasteiger partial charge in [0.05, 0.1) is 5.69 Å². The second kappa shape index (κ2) is 12.0. The van der Waals surface area contributed by atoms with Crippen LogP contribution in [0.1, 0.15) is 18.2 Å². The highest BCUT2D eigenvalue weighted by molar-refractivity contribution is 7.84. The van der Waals surface area contributed by atoms with E-state index in [0.29, 0.717) is 26.3 Å². The molecule has 1 N–H and O–H groups in total. The SMILES string of the molecule is C=C/C=C(\C=C(/C)C(=O)Nc1ccc(-n2nc(-c3cccnc3)cc2C(F)(F)F)nn1)c1cccc(S(C)=O)c1. The maximum Gasteiger partial charge on any atom is 0.433 e. The zero-order valence-electron chi connectivity index (χ0n) is 21.4. The van der Waals surface area contributed by atoms with Crippen molar-refractivity contribution in [2.45, 2.75) is 18.0 Å². The van der Waals surface area contributed by atoms with Crippen LogP contribution in [-0.2, 0) is 21.8 Å². The lowest BCUT2D eigenvalue weighted by Gasteiger charge is -2.10. The van der Waals surface area contributed by atoms with E-state index in [1.54, 1.807) is 61.7 Å². The van der Waals surface area contributed by atoms with Crippen molar-refractivity contribution in [1.29, 1.82) is 0 Å². The molecule has 0 fully saturated rings. The predicted molar refractivity (Wildman–Crippen MR) is 147 cm³/mol. The summed E-state index contributed by atoms with van der Waals surface area (Å²) in [5, 5.41) is 14.4. The van der Waals surface area contributed by atoms with Crippen molar-refractivity contribution in [3.8, 4) is 17.1 Å². The van der Waals surface area contributed by atoms with Crippen LogP contribution in [0.15, 0.2) is 102 Å². The summed E-state index contributed by atoms with van der Waals surface area (Å²) in [7, 11) is -1.18. The highest BCUT2D eigenvalue weighted by Crippen LogP contribution is 2.33. The molecule has 0 radical (unpaired) electrons. The quantitative estimate of drug-likeness (QED) is 0.220. The van der Waals surface area contributed by atoms with Gasteiger partial charge in [-0.25, -0.2) is 4.68 Å². The fourth-order valence-corrected chi connectivity index (χ4v) is 4.20. The molecule has 1 amide bonds. The zero-order valence-corrected chi connectivity index (χ0v) is 22.2. The Morgan fingerprint density at radius 1 is 1.10 bits per heavy atom. The second-order valence-corrected chi connectivity index (χ2v) is 9.84. The molecule has 1 aromatic carbocycles. The Hall–Kier alpha value is -4.71. The minimum absolute atomic E-state index is 0.0346. The van der Waals surface area contributed by atoms with Crippen molar-refractivity contribution in [1.82, 2.24) is 25.0 Å². The number of amides is 1. The minimum atomic E-state index is -4.70. The van der Waals surface area contributed by atoms with Crippen LogP contribution in [0, 0.1) is 0 Å². The van der Waals surface area contributed by atoms with Gasteiger partial charge in [-0.05, 0) is 66.6 Å². The van der Waals surface area contributed by atoms with Crippen LogP contribution in [0.4, 0.5) is 19.0 Å².